The Kier molecular flexibility index (Phi) is 8.32. The molecule has 0 fully saturated rings. The van der Waals surface area contributed by atoms with Crippen molar-refractivity contribution in [2.24, 2.45) is 0 Å². The lowest BCUT2D eigenvalue weighted by Gasteiger charge is -2.30. The van der Waals surface area contributed by atoms with Gasteiger partial charge in [0.05, 0.1) is 46.1 Å². The summed E-state index contributed by atoms with van der Waals surface area (Å²) < 4.78 is 51.9. The van der Waals surface area contributed by atoms with E-state index in [1.807, 2.05) is 0 Å². The molecular weight excluding hydrogens is 595 g/mol. The lowest BCUT2D eigenvalue weighted by atomic mass is 10.1. The lowest BCUT2D eigenvalue weighted by Crippen LogP contribution is -2.46. The summed E-state index contributed by atoms with van der Waals surface area (Å²) in [6.07, 6.45) is -0.481. The Hall–Kier alpha value is -4.23. The number of hydrogen-bond donors (Lipinski definition) is 1. The highest BCUT2D eigenvalue weighted by Gasteiger charge is 2.29. The molecule has 0 aliphatic rings. The normalized spacial score (nSPS) is 13.0. The molecule has 0 spiro atoms. The van der Waals surface area contributed by atoms with Crippen molar-refractivity contribution >= 4 is 55.8 Å². The zero-order valence-electron chi connectivity index (χ0n) is 22.4. The molecule has 9 nitrogen and oxygen atoms in total. The molecular formula is C28H23ClF3N5O4S. The quantitative estimate of drug-likeness (QED) is 0.182. The number of carbonyl (C=O) groups is 1. The predicted octanol–water partition coefficient (Wildman–Crippen LogP) is 7.39. The third-order valence-corrected chi connectivity index (χ3v) is 7.69. The van der Waals surface area contributed by atoms with Crippen molar-refractivity contribution in [2.75, 3.05) is 11.5 Å². The summed E-state index contributed by atoms with van der Waals surface area (Å²) in [7, 11) is 0. The van der Waals surface area contributed by atoms with Crippen LogP contribution >= 0.6 is 22.9 Å². The van der Waals surface area contributed by atoms with Gasteiger partial charge in [0, 0.05) is 28.1 Å². The molecule has 14 heteroatoms. The number of nitrogens with zero attached hydrogens (tertiary/aromatic N) is 5. The van der Waals surface area contributed by atoms with Gasteiger partial charge in [0.2, 0.25) is 0 Å². The third-order valence-electron chi connectivity index (χ3n) is 6.42. The zero-order chi connectivity index (χ0) is 30.1. The molecule has 0 saturated heterocycles. The zero-order valence-corrected chi connectivity index (χ0v) is 24.0. The van der Waals surface area contributed by atoms with Crippen molar-refractivity contribution in [3.63, 3.8) is 0 Å². The number of fused-ring (bicyclic) bond motifs is 2. The minimum Gasteiger partial charge on any atom is -0.486 e. The number of aromatic nitrogens is 4. The van der Waals surface area contributed by atoms with E-state index in [0.717, 1.165) is 4.90 Å². The van der Waals surface area contributed by atoms with E-state index in [0.29, 0.717) is 42.5 Å². The second kappa shape index (κ2) is 11.9. The number of amides is 1. The van der Waals surface area contributed by atoms with Crippen LogP contribution in [-0.4, -0.2) is 56.3 Å². The Morgan fingerprint density at radius 2 is 1.83 bits per heavy atom. The molecule has 0 radical (unpaired) electrons. The smallest absolute Gasteiger partial charge is 0.412 e. The summed E-state index contributed by atoms with van der Waals surface area (Å²) in [5, 5.41) is 11.3. The van der Waals surface area contributed by atoms with E-state index in [1.165, 1.54) is 42.1 Å². The van der Waals surface area contributed by atoms with E-state index < -0.39 is 37.1 Å². The van der Waals surface area contributed by atoms with Crippen molar-refractivity contribution in [1.82, 2.24) is 19.9 Å². The van der Waals surface area contributed by atoms with Gasteiger partial charge >= 0.3 is 6.09 Å². The maximum absolute atomic E-state index is 15.2. The van der Waals surface area contributed by atoms with Crippen LogP contribution in [0.3, 0.4) is 0 Å². The van der Waals surface area contributed by atoms with E-state index in [2.05, 4.69) is 19.9 Å². The number of alkyl halides is 2. The van der Waals surface area contributed by atoms with Gasteiger partial charge in [0.25, 0.3) is 6.43 Å². The fourth-order valence-corrected chi connectivity index (χ4v) is 5.49. The molecule has 0 aliphatic carbocycles. The standard InChI is InChI=1S/C28H23ClF3N5O4S/c1-13(37(28(38)39)18-9-33-15(3)34-10-18)14(2)41-23-8-24-22(7-21(23)30)36-27(42-24)20-6-17(29)4-16-5-19(11-35-26(16)20)40-12-25(31)32/h4-11,13-14,25H,12H2,1-3H3,(H,38,39). The molecule has 2 atom stereocenters. The number of aryl methyl sites for hydroxylation is 1. The molecule has 2 unspecified atom stereocenters. The molecule has 218 valence electrons. The maximum atomic E-state index is 15.2. The average molecular weight is 618 g/mol. The van der Waals surface area contributed by atoms with Crippen LogP contribution in [0.2, 0.25) is 5.02 Å². The fraction of sp³-hybridized carbons (Fsp3) is 0.250. The van der Waals surface area contributed by atoms with Crippen molar-refractivity contribution < 1.29 is 32.5 Å². The number of anilines is 1. The minimum absolute atomic E-state index is 0.0718. The lowest BCUT2D eigenvalue weighted by molar-refractivity contribution is 0.0818. The van der Waals surface area contributed by atoms with Gasteiger partial charge in [0.15, 0.2) is 11.6 Å². The summed E-state index contributed by atoms with van der Waals surface area (Å²) >= 11 is 7.60. The van der Waals surface area contributed by atoms with Crippen molar-refractivity contribution in [2.45, 2.75) is 39.3 Å². The monoisotopic (exact) mass is 617 g/mol. The summed E-state index contributed by atoms with van der Waals surface area (Å²) in [5.74, 6) is -0.0827. The highest BCUT2D eigenvalue weighted by molar-refractivity contribution is 7.21. The van der Waals surface area contributed by atoms with Gasteiger partial charge in [-0.1, -0.05) is 11.6 Å². The van der Waals surface area contributed by atoms with E-state index in [1.54, 1.807) is 39.0 Å². The summed E-state index contributed by atoms with van der Waals surface area (Å²) in [5.41, 5.74) is 1.71. The minimum atomic E-state index is -2.63. The Morgan fingerprint density at radius 1 is 1.10 bits per heavy atom. The number of carboxylic acid groups (broad SMARTS) is 1. The molecule has 3 heterocycles. The number of thiazole rings is 1. The molecule has 5 aromatic rings. The van der Waals surface area contributed by atoms with Crippen LogP contribution in [0.25, 0.3) is 31.7 Å². The maximum Gasteiger partial charge on any atom is 0.412 e. The van der Waals surface area contributed by atoms with Crippen molar-refractivity contribution in [1.29, 1.82) is 0 Å². The second-order valence-corrected chi connectivity index (χ2v) is 10.8. The number of halogens is 4. The number of benzene rings is 2. The number of rotatable bonds is 9. The topological polar surface area (TPSA) is 111 Å². The van der Waals surface area contributed by atoms with Crippen LogP contribution in [0.15, 0.2) is 48.9 Å². The predicted molar refractivity (Wildman–Crippen MR) is 154 cm³/mol. The van der Waals surface area contributed by atoms with Gasteiger partial charge in [-0.05, 0) is 39.0 Å². The highest BCUT2D eigenvalue weighted by atomic mass is 35.5. The summed E-state index contributed by atoms with van der Waals surface area (Å²) in [6.45, 7) is 4.20. The highest BCUT2D eigenvalue weighted by Crippen LogP contribution is 2.38. The largest absolute Gasteiger partial charge is 0.486 e. The van der Waals surface area contributed by atoms with Gasteiger partial charge < -0.3 is 14.6 Å². The van der Waals surface area contributed by atoms with Crippen LogP contribution in [0, 0.1) is 12.7 Å². The first-order valence-electron chi connectivity index (χ1n) is 12.6. The fourth-order valence-electron chi connectivity index (χ4n) is 4.27. The van der Waals surface area contributed by atoms with Crippen molar-refractivity contribution in [3.8, 4) is 22.1 Å². The first kappa shape index (κ1) is 29.3. The van der Waals surface area contributed by atoms with Crippen LogP contribution < -0.4 is 14.4 Å². The Morgan fingerprint density at radius 3 is 2.52 bits per heavy atom. The summed E-state index contributed by atoms with van der Waals surface area (Å²) in [4.78, 5) is 30.2. The average Bonchev–Trinajstić information content (AvgIpc) is 3.34. The first-order chi connectivity index (χ1) is 20.0. The van der Waals surface area contributed by atoms with Gasteiger partial charge in [-0.25, -0.2) is 32.9 Å². The third kappa shape index (κ3) is 6.16. The molecule has 0 aliphatic heterocycles. The van der Waals surface area contributed by atoms with Gasteiger partial charge in [0.1, 0.15) is 29.3 Å². The molecule has 5 rings (SSSR count). The molecule has 1 amide bonds. The SMILES string of the molecule is Cc1ncc(N(C(=O)O)C(C)C(C)Oc2cc3sc(-c4cc(Cl)cc5cc(OCC(F)F)cnc45)nc3cc2F)cn1. The van der Waals surface area contributed by atoms with Crippen LogP contribution in [0.4, 0.5) is 23.7 Å². The molecule has 3 aromatic heterocycles. The van der Waals surface area contributed by atoms with Gasteiger partial charge in [-0.3, -0.25) is 9.88 Å². The van der Waals surface area contributed by atoms with Crippen LogP contribution in [-0.2, 0) is 0 Å². The Labute approximate surface area is 246 Å². The van der Waals surface area contributed by atoms with Crippen LogP contribution in [0.1, 0.15) is 19.7 Å². The molecule has 1 N–H and O–H groups in total. The molecule has 0 bridgehead atoms. The van der Waals surface area contributed by atoms with E-state index in [4.69, 9.17) is 21.1 Å². The van der Waals surface area contributed by atoms with Crippen LogP contribution in [0.5, 0.6) is 11.5 Å². The second-order valence-electron chi connectivity index (χ2n) is 9.37. The summed E-state index contributed by atoms with van der Waals surface area (Å²) in [6, 6.07) is 6.88. The van der Waals surface area contributed by atoms with E-state index in [9.17, 15) is 18.7 Å². The Balaban J connectivity index is 1.44. The number of pyridine rings is 1. The molecule has 42 heavy (non-hydrogen) atoms. The van der Waals surface area contributed by atoms with E-state index in [-0.39, 0.29) is 17.2 Å². The van der Waals surface area contributed by atoms with Gasteiger partial charge in [-0.2, -0.15) is 0 Å². The first-order valence-corrected chi connectivity index (χ1v) is 13.8. The van der Waals surface area contributed by atoms with E-state index >= 15 is 4.39 Å². The van der Waals surface area contributed by atoms with Crippen molar-refractivity contribution in [3.05, 3.63) is 65.6 Å². The number of hydrogen-bond acceptors (Lipinski definition) is 8. The molecule has 0 saturated carbocycles. The number of ether oxygens (including phenoxy) is 2. The Bertz CT molecular complexity index is 1770. The van der Waals surface area contributed by atoms with Gasteiger partial charge in [-0.15, -0.1) is 11.3 Å². The molecule has 2 aromatic carbocycles.